The maximum atomic E-state index is 9.87. The first-order chi connectivity index (χ1) is 8.31. The van der Waals surface area contributed by atoms with E-state index in [2.05, 4.69) is 24.8 Å². The van der Waals surface area contributed by atoms with E-state index in [-0.39, 0.29) is 0 Å². The SMILES string of the molecule is C=CC(O)c1ccccc1Cc1ccccc1. The Morgan fingerprint density at radius 2 is 1.65 bits per heavy atom. The van der Waals surface area contributed by atoms with E-state index in [0.29, 0.717) is 0 Å². The first kappa shape index (κ1) is 11.6. The molecule has 17 heavy (non-hydrogen) atoms. The second-order valence-corrected chi connectivity index (χ2v) is 4.04. The van der Waals surface area contributed by atoms with E-state index in [4.69, 9.17) is 0 Å². The fourth-order valence-corrected chi connectivity index (χ4v) is 1.93. The summed E-state index contributed by atoms with van der Waals surface area (Å²) in [7, 11) is 0. The Morgan fingerprint density at radius 1 is 1.00 bits per heavy atom. The molecule has 0 aliphatic heterocycles. The van der Waals surface area contributed by atoms with Gasteiger partial charge in [-0.2, -0.15) is 0 Å². The van der Waals surface area contributed by atoms with Crippen molar-refractivity contribution in [2.75, 3.05) is 0 Å². The predicted molar refractivity (Wildman–Crippen MR) is 70.8 cm³/mol. The summed E-state index contributed by atoms with van der Waals surface area (Å²) in [6, 6.07) is 18.2. The average Bonchev–Trinajstić information content (AvgIpc) is 2.40. The summed E-state index contributed by atoms with van der Waals surface area (Å²) in [5.41, 5.74) is 3.33. The number of aliphatic hydroxyl groups excluding tert-OH is 1. The molecule has 0 saturated heterocycles. The molecule has 0 bridgehead atoms. The third-order valence-corrected chi connectivity index (χ3v) is 2.83. The highest BCUT2D eigenvalue weighted by Crippen LogP contribution is 2.21. The summed E-state index contributed by atoms with van der Waals surface area (Å²) in [5, 5.41) is 9.87. The van der Waals surface area contributed by atoms with Gasteiger partial charge in [-0.05, 0) is 23.1 Å². The minimum atomic E-state index is -0.588. The molecule has 0 spiro atoms. The Kier molecular flexibility index (Phi) is 3.73. The number of rotatable bonds is 4. The molecular formula is C16H16O. The Hall–Kier alpha value is -1.86. The van der Waals surface area contributed by atoms with Gasteiger partial charge in [-0.3, -0.25) is 0 Å². The van der Waals surface area contributed by atoms with E-state index in [1.54, 1.807) is 6.08 Å². The Morgan fingerprint density at radius 3 is 2.35 bits per heavy atom. The predicted octanol–water partition coefficient (Wildman–Crippen LogP) is 3.50. The van der Waals surface area contributed by atoms with Crippen LogP contribution in [-0.2, 0) is 6.42 Å². The van der Waals surface area contributed by atoms with Gasteiger partial charge in [0, 0.05) is 0 Å². The van der Waals surface area contributed by atoms with Crippen LogP contribution in [0, 0.1) is 0 Å². The van der Waals surface area contributed by atoms with E-state index in [9.17, 15) is 5.11 Å². The monoisotopic (exact) mass is 224 g/mol. The fourth-order valence-electron chi connectivity index (χ4n) is 1.93. The van der Waals surface area contributed by atoms with Gasteiger partial charge in [-0.15, -0.1) is 6.58 Å². The van der Waals surface area contributed by atoms with Crippen LogP contribution in [-0.4, -0.2) is 5.11 Å². The van der Waals surface area contributed by atoms with Gasteiger partial charge in [0.25, 0.3) is 0 Å². The Labute approximate surface area is 102 Å². The number of benzene rings is 2. The van der Waals surface area contributed by atoms with Crippen LogP contribution in [0.4, 0.5) is 0 Å². The third-order valence-electron chi connectivity index (χ3n) is 2.83. The Balaban J connectivity index is 2.30. The smallest absolute Gasteiger partial charge is 0.0971 e. The van der Waals surface area contributed by atoms with Crippen molar-refractivity contribution in [3.05, 3.63) is 83.9 Å². The van der Waals surface area contributed by atoms with E-state index in [1.807, 2.05) is 36.4 Å². The zero-order chi connectivity index (χ0) is 12.1. The lowest BCUT2D eigenvalue weighted by Gasteiger charge is -2.12. The number of hydrogen-bond acceptors (Lipinski definition) is 1. The van der Waals surface area contributed by atoms with Crippen LogP contribution in [0.2, 0.25) is 0 Å². The molecule has 2 aromatic rings. The normalized spacial score (nSPS) is 12.1. The highest BCUT2D eigenvalue weighted by molar-refractivity contribution is 5.35. The highest BCUT2D eigenvalue weighted by atomic mass is 16.3. The second kappa shape index (κ2) is 5.46. The zero-order valence-electron chi connectivity index (χ0n) is 9.71. The molecule has 0 aliphatic rings. The molecule has 1 nitrogen and oxygen atoms in total. The van der Waals surface area contributed by atoms with E-state index in [1.165, 1.54) is 5.56 Å². The third kappa shape index (κ3) is 2.83. The topological polar surface area (TPSA) is 20.2 Å². The Bertz CT molecular complexity index is 488. The summed E-state index contributed by atoms with van der Waals surface area (Å²) in [5.74, 6) is 0. The standard InChI is InChI=1S/C16H16O/c1-2-16(17)15-11-7-6-10-14(15)12-13-8-4-3-5-9-13/h2-11,16-17H,1,12H2. The summed E-state index contributed by atoms with van der Waals surface area (Å²) in [6.07, 6.45) is 1.81. The van der Waals surface area contributed by atoms with Crippen LogP contribution >= 0.6 is 0 Å². The molecule has 0 radical (unpaired) electrons. The zero-order valence-corrected chi connectivity index (χ0v) is 9.71. The van der Waals surface area contributed by atoms with Crippen LogP contribution in [0.5, 0.6) is 0 Å². The molecule has 0 fully saturated rings. The van der Waals surface area contributed by atoms with Crippen molar-refractivity contribution in [2.45, 2.75) is 12.5 Å². The van der Waals surface area contributed by atoms with Gasteiger partial charge in [0.05, 0.1) is 6.10 Å². The second-order valence-electron chi connectivity index (χ2n) is 4.04. The molecule has 1 N–H and O–H groups in total. The van der Waals surface area contributed by atoms with Crippen molar-refractivity contribution < 1.29 is 5.11 Å². The lowest BCUT2D eigenvalue weighted by atomic mass is 9.96. The van der Waals surface area contributed by atoms with Gasteiger partial charge in [-0.1, -0.05) is 60.7 Å². The van der Waals surface area contributed by atoms with Crippen LogP contribution < -0.4 is 0 Å². The summed E-state index contributed by atoms with van der Waals surface area (Å²) >= 11 is 0. The van der Waals surface area contributed by atoms with Gasteiger partial charge < -0.3 is 5.11 Å². The lowest BCUT2D eigenvalue weighted by Crippen LogP contribution is -2.00. The molecule has 0 aliphatic carbocycles. The molecule has 0 aromatic heterocycles. The van der Waals surface area contributed by atoms with Crippen molar-refractivity contribution in [1.29, 1.82) is 0 Å². The van der Waals surface area contributed by atoms with Crippen molar-refractivity contribution >= 4 is 0 Å². The summed E-state index contributed by atoms with van der Waals surface area (Å²) in [4.78, 5) is 0. The lowest BCUT2D eigenvalue weighted by molar-refractivity contribution is 0.228. The van der Waals surface area contributed by atoms with Crippen LogP contribution in [0.1, 0.15) is 22.8 Å². The molecule has 0 saturated carbocycles. The van der Waals surface area contributed by atoms with Crippen LogP contribution in [0.3, 0.4) is 0 Å². The van der Waals surface area contributed by atoms with Gasteiger partial charge in [-0.25, -0.2) is 0 Å². The van der Waals surface area contributed by atoms with Crippen LogP contribution in [0.15, 0.2) is 67.3 Å². The molecule has 86 valence electrons. The van der Waals surface area contributed by atoms with Gasteiger partial charge in [0.2, 0.25) is 0 Å². The molecule has 1 heteroatoms. The van der Waals surface area contributed by atoms with Crippen molar-refractivity contribution in [3.63, 3.8) is 0 Å². The van der Waals surface area contributed by atoms with Gasteiger partial charge in [0.15, 0.2) is 0 Å². The van der Waals surface area contributed by atoms with Crippen molar-refractivity contribution in [3.8, 4) is 0 Å². The molecule has 2 aromatic carbocycles. The van der Waals surface area contributed by atoms with Gasteiger partial charge in [0.1, 0.15) is 0 Å². The molecule has 0 heterocycles. The largest absolute Gasteiger partial charge is 0.384 e. The summed E-state index contributed by atoms with van der Waals surface area (Å²) < 4.78 is 0. The molecule has 0 amide bonds. The van der Waals surface area contributed by atoms with Crippen LogP contribution in [0.25, 0.3) is 0 Å². The summed E-state index contributed by atoms with van der Waals surface area (Å²) in [6.45, 7) is 3.64. The van der Waals surface area contributed by atoms with E-state index >= 15 is 0 Å². The van der Waals surface area contributed by atoms with Crippen molar-refractivity contribution in [2.24, 2.45) is 0 Å². The highest BCUT2D eigenvalue weighted by Gasteiger charge is 2.08. The minimum absolute atomic E-state index is 0.588. The molecular weight excluding hydrogens is 208 g/mol. The number of hydrogen-bond donors (Lipinski definition) is 1. The molecule has 1 unspecified atom stereocenters. The van der Waals surface area contributed by atoms with E-state index in [0.717, 1.165) is 17.5 Å². The minimum Gasteiger partial charge on any atom is -0.384 e. The first-order valence-electron chi connectivity index (χ1n) is 5.73. The maximum absolute atomic E-state index is 9.87. The quantitative estimate of drug-likeness (QED) is 0.788. The maximum Gasteiger partial charge on any atom is 0.0971 e. The first-order valence-corrected chi connectivity index (χ1v) is 5.73. The average molecular weight is 224 g/mol. The fraction of sp³-hybridized carbons (Fsp3) is 0.125. The van der Waals surface area contributed by atoms with Gasteiger partial charge >= 0.3 is 0 Å². The number of aliphatic hydroxyl groups is 1. The van der Waals surface area contributed by atoms with E-state index < -0.39 is 6.10 Å². The molecule has 1 atom stereocenters. The molecule has 2 rings (SSSR count). The van der Waals surface area contributed by atoms with Crippen molar-refractivity contribution in [1.82, 2.24) is 0 Å².